The molecule has 0 aromatic heterocycles. The summed E-state index contributed by atoms with van der Waals surface area (Å²) in [5.74, 6) is 0.450. The van der Waals surface area contributed by atoms with Crippen LogP contribution in [0.15, 0.2) is 24.3 Å². The minimum atomic E-state index is 0.450. The molecule has 1 unspecified atom stereocenters. The molecule has 0 N–H and O–H groups in total. The summed E-state index contributed by atoms with van der Waals surface area (Å²) in [6.07, 6.45) is 1.95. The average molecular weight is 336 g/mol. The number of rotatable bonds is 9. The summed E-state index contributed by atoms with van der Waals surface area (Å²) in [6, 6.07) is 8.03. The van der Waals surface area contributed by atoms with Crippen LogP contribution in [0.25, 0.3) is 0 Å². The van der Waals surface area contributed by atoms with Gasteiger partial charge in [0.2, 0.25) is 0 Å². The second-order valence-corrected chi connectivity index (χ2v) is 5.24. The van der Waals surface area contributed by atoms with Gasteiger partial charge in [-0.2, -0.15) is 0 Å². The first kappa shape index (κ1) is 16.0. The van der Waals surface area contributed by atoms with Gasteiger partial charge in [0, 0.05) is 37.3 Å². The average Bonchev–Trinajstić information content (AvgIpc) is 2.38. The number of methoxy groups -OCH3 is 1. The summed E-state index contributed by atoms with van der Waals surface area (Å²) in [7, 11) is 1.71. The smallest absolute Gasteiger partial charge is 0.0487 e. The van der Waals surface area contributed by atoms with E-state index in [1.165, 1.54) is 5.56 Å². The van der Waals surface area contributed by atoms with E-state index in [0.29, 0.717) is 5.92 Å². The van der Waals surface area contributed by atoms with E-state index in [9.17, 15) is 0 Å². The standard InChI is InChI=1S/C14H20BrClO2/c1-17-7-3-8-18-9-6-13(11-15)12-4-2-5-14(16)10-12/h2,4-5,10,13H,3,6-9,11H2,1H3. The van der Waals surface area contributed by atoms with Gasteiger partial charge in [0.05, 0.1) is 0 Å². The molecule has 0 saturated heterocycles. The van der Waals surface area contributed by atoms with E-state index in [0.717, 1.165) is 43.0 Å². The van der Waals surface area contributed by atoms with Crippen LogP contribution in [0.3, 0.4) is 0 Å². The number of ether oxygens (including phenoxy) is 2. The third-order valence-electron chi connectivity index (χ3n) is 2.75. The fourth-order valence-electron chi connectivity index (χ4n) is 1.73. The molecule has 1 rings (SSSR count). The molecule has 0 heterocycles. The molecule has 2 nitrogen and oxygen atoms in total. The van der Waals surface area contributed by atoms with Gasteiger partial charge in [-0.3, -0.25) is 0 Å². The Morgan fingerprint density at radius 2 is 2.11 bits per heavy atom. The zero-order chi connectivity index (χ0) is 13.2. The van der Waals surface area contributed by atoms with Crippen LogP contribution < -0.4 is 0 Å². The monoisotopic (exact) mass is 334 g/mol. The summed E-state index contributed by atoms with van der Waals surface area (Å²) in [4.78, 5) is 0. The van der Waals surface area contributed by atoms with Crippen molar-refractivity contribution in [3.05, 3.63) is 34.9 Å². The van der Waals surface area contributed by atoms with Gasteiger partial charge in [-0.15, -0.1) is 0 Å². The van der Waals surface area contributed by atoms with Crippen molar-refractivity contribution in [2.24, 2.45) is 0 Å². The molecule has 4 heteroatoms. The van der Waals surface area contributed by atoms with Crippen LogP contribution in [0.1, 0.15) is 24.3 Å². The molecule has 0 fully saturated rings. The van der Waals surface area contributed by atoms with E-state index in [1.807, 2.05) is 18.2 Å². The first-order chi connectivity index (χ1) is 8.77. The molecule has 0 aliphatic rings. The fourth-order valence-corrected chi connectivity index (χ4v) is 2.62. The Labute approximate surface area is 123 Å². The summed E-state index contributed by atoms with van der Waals surface area (Å²) >= 11 is 9.56. The molecule has 0 saturated carbocycles. The highest BCUT2D eigenvalue weighted by Crippen LogP contribution is 2.24. The van der Waals surface area contributed by atoms with Crippen LogP contribution in [0.4, 0.5) is 0 Å². The molecular formula is C14H20BrClO2. The van der Waals surface area contributed by atoms with Crippen molar-refractivity contribution in [1.82, 2.24) is 0 Å². The molecular weight excluding hydrogens is 316 g/mol. The van der Waals surface area contributed by atoms with Crippen molar-refractivity contribution in [2.45, 2.75) is 18.8 Å². The topological polar surface area (TPSA) is 18.5 Å². The second-order valence-electron chi connectivity index (χ2n) is 4.15. The maximum atomic E-state index is 6.00. The highest BCUT2D eigenvalue weighted by atomic mass is 79.9. The van der Waals surface area contributed by atoms with Crippen molar-refractivity contribution >= 4 is 27.5 Å². The lowest BCUT2D eigenvalue weighted by atomic mass is 9.98. The van der Waals surface area contributed by atoms with E-state index in [2.05, 4.69) is 22.0 Å². The normalized spacial score (nSPS) is 12.6. The molecule has 18 heavy (non-hydrogen) atoms. The summed E-state index contributed by atoms with van der Waals surface area (Å²) in [6.45, 7) is 2.29. The Balaban J connectivity index is 2.29. The van der Waals surface area contributed by atoms with E-state index >= 15 is 0 Å². The van der Waals surface area contributed by atoms with Gasteiger partial charge < -0.3 is 9.47 Å². The number of benzene rings is 1. The first-order valence-corrected chi connectivity index (χ1v) is 7.66. The van der Waals surface area contributed by atoms with Crippen LogP contribution in [0.5, 0.6) is 0 Å². The molecule has 0 bridgehead atoms. The summed E-state index contributed by atoms with van der Waals surface area (Å²) in [5.41, 5.74) is 1.26. The van der Waals surface area contributed by atoms with Gasteiger partial charge in [-0.25, -0.2) is 0 Å². The maximum Gasteiger partial charge on any atom is 0.0487 e. The molecule has 0 radical (unpaired) electrons. The Bertz CT molecular complexity index is 333. The molecule has 1 atom stereocenters. The minimum Gasteiger partial charge on any atom is -0.385 e. The predicted molar refractivity (Wildman–Crippen MR) is 79.9 cm³/mol. The molecule has 0 amide bonds. The third-order valence-corrected chi connectivity index (χ3v) is 3.77. The molecule has 102 valence electrons. The number of halogens is 2. The van der Waals surface area contributed by atoms with Crippen LogP contribution in [-0.2, 0) is 9.47 Å². The van der Waals surface area contributed by atoms with Crippen molar-refractivity contribution in [1.29, 1.82) is 0 Å². The lowest BCUT2D eigenvalue weighted by Crippen LogP contribution is -2.07. The minimum absolute atomic E-state index is 0.450. The second kappa shape index (κ2) is 9.79. The van der Waals surface area contributed by atoms with E-state index in [1.54, 1.807) is 7.11 Å². The maximum absolute atomic E-state index is 6.00. The molecule has 1 aromatic rings. The summed E-state index contributed by atoms with van der Waals surface area (Å²) in [5, 5.41) is 1.72. The fraction of sp³-hybridized carbons (Fsp3) is 0.571. The zero-order valence-electron chi connectivity index (χ0n) is 10.7. The Morgan fingerprint density at radius 3 is 2.78 bits per heavy atom. The van der Waals surface area contributed by atoms with Gasteiger partial charge in [-0.1, -0.05) is 39.7 Å². The Kier molecular flexibility index (Phi) is 8.68. The predicted octanol–water partition coefficient (Wildman–Crippen LogP) is 4.26. The lowest BCUT2D eigenvalue weighted by molar-refractivity contribution is 0.0991. The number of hydrogen-bond acceptors (Lipinski definition) is 2. The molecule has 0 spiro atoms. The number of alkyl halides is 1. The SMILES string of the molecule is COCCCOCCC(CBr)c1cccc(Cl)c1. The third kappa shape index (κ3) is 6.19. The Morgan fingerprint density at radius 1 is 1.28 bits per heavy atom. The van der Waals surface area contributed by atoms with E-state index < -0.39 is 0 Å². The Hall–Kier alpha value is -0.0900. The highest BCUT2D eigenvalue weighted by molar-refractivity contribution is 9.09. The van der Waals surface area contributed by atoms with Crippen LogP contribution in [0.2, 0.25) is 5.02 Å². The van der Waals surface area contributed by atoms with Crippen LogP contribution in [0, 0.1) is 0 Å². The quantitative estimate of drug-likeness (QED) is 0.496. The molecule has 0 aliphatic heterocycles. The van der Waals surface area contributed by atoms with Crippen molar-refractivity contribution in [2.75, 3.05) is 32.3 Å². The van der Waals surface area contributed by atoms with Crippen LogP contribution in [-0.4, -0.2) is 32.3 Å². The van der Waals surface area contributed by atoms with Crippen molar-refractivity contribution in [3.8, 4) is 0 Å². The molecule has 1 aromatic carbocycles. The van der Waals surface area contributed by atoms with Gasteiger partial charge in [0.15, 0.2) is 0 Å². The lowest BCUT2D eigenvalue weighted by Gasteiger charge is -2.15. The van der Waals surface area contributed by atoms with Gasteiger partial charge in [-0.05, 0) is 36.5 Å². The van der Waals surface area contributed by atoms with Gasteiger partial charge in [0.25, 0.3) is 0 Å². The first-order valence-electron chi connectivity index (χ1n) is 6.16. The molecule has 0 aliphatic carbocycles. The zero-order valence-corrected chi connectivity index (χ0v) is 13.0. The van der Waals surface area contributed by atoms with Gasteiger partial charge >= 0.3 is 0 Å². The largest absolute Gasteiger partial charge is 0.385 e. The van der Waals surface area contributed by atoms with E-state index in [-0.39, 0.29) is 0 Å². The van der Waals surface area contributed by atoms with Crippen molar-refractivity contribution < 1.29 is 9.47 Å². The summed E-state index contributed by atoms with van der Waals surface area (Å²) < 4.78 is 10.6. The van der Waals surface area contributed by atoms with Gasteiger partial charge in [0.1, 0.15) is 0 Å². The van der Waals surface area contributed by atoms with E-state index in [4.69, 9.17) is 21.1 Å². The number of hydrogen-bond donors (Lipinski definition) is 0. The highest BCUT2D eigenvalue weighted by Gasteiger charge is 2.10. The van der Waals surface area contributed by atoms with Crippen molar-refractivity contribution in [3.63, 3.8) is 0 Å². The van der Waals surface area contributed by atoms with Crippen LogP contribution >= 0.6 is 27.5 Å².